The summed E-state index contributed by atoms with van der Waals surface area (Å²) in [7, 11) is 1.53. The summed E-state index contributed by atoms with van der Waals surface area (Å²) in [6.07, 6.45) is 0.524. The van der Waals surface area contributed by atoms with Crippen molar-refractivity contribution in [3.63, 3.8) is 0 Å². The molecule has 7 heteroatoms. The van der Waals surface area contributed by atoms with Crippen LogP contribution in [0.4, 0.5) is 11.4 Å². The summed E-state index contributed by atoms with van der Waals surface area (Å²) in [5.74, 6) is -0.586. The van der Waals surface area contributed by atoms with Gasteiger partial charge in [0.05, 0.1) is 12.8 Å². The molecule has 0 saturated heterocycles. The Bertz CT molecular complexity index is 879. The highest BCUT2D eigenvalue weighted by Gasteiger charge is 2.11. The Morgan fingerprint density at radius 2 is 1.62 bits per heavy atom. The normalized spacial score (nSPS) is 10.2. The van der Waals surface area contributed by atoms with Crippen molar-refractivity contribution in [2.75, 3.05) is 24.4 Å². The van der Waals surface area contributed by atoms with E-state index in [-0.39, 0.29) is 25.4 Å². The minimum atomic E-state index is -0.522. The number of carbonyl (C=O) groups is 3. The van der Waals surface area contributed by atoms with Gasteiger partial charge in [-0.2, -0.15) is 0 Å². The summed E-state index contributed by atoms with van der Waals surface area (Å²) in [5, 5.41) is 5.47. The second-order valence-corrected chi connectivity index (χ2v) is 6.63. The molecule has 0 unspecified atom stereocenters. The van der Waals surface area contributed by atoms with Crippen LogP contribution in [0.25, 0.3) is 0 Å². The van der Waals surface area contributed by atoms with Crippen molar-refractivity contribution in [1.82, 2.24) is 0 Å². The number of methoxy groups -OCH3 is 1. The van der Waals surface area contributed by atoms with Gasteiger partial charge in [-0.15, -0.1) is 0 Å². The lowest BCUT2D eigenvalue weighted by molar-refractivity contribution is -0.147. The van der Waals surface area contributed by atoms with E-state index in [9.17, 15) is 14.4 Å². The zero-order chi connectivity index (χ0) is 21.2. The van der Waals surface area contributed by atoms with Crippen molar-refractivity contribution in [2.45, 2.75) is 33.1 Å². The SMILES string of the molecule is COc1ccccc1NC(=O)CCCC(=O)OCC(=O)Nc1cc(C)ccc1C. The second kappa shape index (κ2) is 10.8. The Morgan fingerprint density at radius 3 is 2.38 bits per heavy atom. The van der Waals surface area contributed by atoms with Crippen molar-refractivity contribution in [3.8, 4) is 5.75 Å². The van der Waals surface area contributed by atoms with Gasteiger partial charge in [-0.05, 0) is 49.6 Å². The molecule has 0 aliphatic heterocycles. The standard InChI is InChI=1S/C22H26N2O5/c1-15-11-12-16(2)18(13-15)24-21(26)14-29-22(27)10-6-9-20(25)23-17-7-4-5-8-19(17)28-3/h4-5,7-8,11-13H,6,9-10,14H2,1-3H3,(H,23,25)(H,24,26). The fourth-order valence-electron chi connectivity index (χ4n) is 2.63. The van der Waals surface area contributed by atoms with Crippen LogP contribution < -0.4 is 15.4 Å². The molecule has 0 aliphatic rings. The van der Waals surface area contributed by atoms with E-state index in [1.54, 1.807) is 24.3 Å². The number of anilines is 2. The van der Waals surface area contributed by atoms with Crippen molar-refractivity contribution in [3.05, 3.63) is 53.6 Å². The largest absolute Gasteiger partial charge is 0.495 e. The number of nitrogens with one attached hydrogen (secondary N) is 2. The second-order valence-electron chi connectivity index (χ2n) is 6.63. The Labute approximate surface area is 170 Å². The number of amides is 2. The Kier molecular flexibility index (Phi) is 8.21. The van der Waals surface area contributed by atoms with E-state index >= 15 is 0 Å². The van der Waals surface area contributed by atoms with E-state index in [1.165, 1.54) is 7.11 Å². The lowest BCUT2D eigenvalue weighted by atomic mass is 10.1. The number of esters is 1. The van der Waals surface area contributed by atoms with E-state index < -0.39 is 11.9 Å². The van der Waals surface area contributed by atoms with Crippen LogP contribution in [0, 0.1) is 13.8 Å². The van der Waals surface area contributed by atoms with Crippen LogP contribution in [0.15, 0.2) is 42.5 Å². The minimum Gasteiger partial charge on any atom is -0.495 e. The Balaban J connectivity index is 1.68. The molecule has 0 saturated carbocycles. The molecule has 7 nitrogen and oxygen atoms in total. The molecular formula is C22H26N2O5. The van der Waals surface area contributed by atoms with E-state index in [0.717, 1.165) is 11.1 Å². The highest BCUT2D eigenvalue weighted by Crippen LogP contribution is 2.23. The molecule has 2 N–H and O–H groups in total. The molecule has 2 aromatic carbocycles. The zero-order valence-corrected chi connectivity index (χ0v) is 16.9. The molecule has 29 heavy (non-hydrogen) atoms. The molecule has 2 rings (SSSR count). The van der Waals surface area contributed by atoms with Crippen LogP contribution in [0.5, 0.6) is 5.75 Å². The van der Waals surface area contributed by atoms with Crippen molar-refractivity contribution < 1.29 is 23.9 Å². The summed E-state index contributed by atoms with van der Waals surface area (Å²) in [6.45, 7) is 3.45. The lowest BCUT2D eigenvalue weighted by Crippen LogP contribution is -2.21. The highest BCUT2D eigenvalue weighted by atomic mass is 16.5. The molecule has 2 amide bonds. The molecule has 0 spiro atoms. The van der Waals surface area contributed by atoms with E-state index in [0.29, 0.717) is 23.5 Å². The molecule has 0 fully saturated rings. The van der Waals surface area contributed by atoms with Gasteiger partial charge in [0.1, 0.15) is 5.75 Å². The molecule has 154 valence electrons. The van der Waals surface area contributed by atoms with Crippen LogP contribution in [0.2, 0.25) is 0 Å². The summed E-state index contributed by atoms with van der Waals surface area (Å²) >= 11 is 0. The van der Waals surface area contributed by atoms with Crippen LogP contribution in [-0.4, -0.2) is 31.5 Å². The zero-order valence-electron chi connectivity index (χ0n) is 16.9. The van der Waals surface area contributed by atoms with Gasteiger partial charge in [-0.1, -0.05) is 24.3 Å². The third-order valence-electron chi connectivity index (χ3n) is 4.20. The van der Waals surface area contributed by atoms with Crippen LogP contribution in [0.1, 0.15) is 30.4 Å². The smallest absolute Gasteiger partial charge is 0.306 e. The number of hydrogen-bond donors (Lipinski definition) is 2. The average molecular weight is 398 g/mol. The maximum absolute atomic E-state index is 12.0. The predicted molar refractivity (Wildman–Crippen MR) is 111 cm³/mol. The van der Waals surface area contributed by atoms with Gasteiger partial charge in [0.25, 0.3) is 5.91 Å². The number of rotatable bonds is 9. The summed E-state index contributed by atoms with van der Waals surface area (Å²) in [4.78, 5) is 35.8. The lowest BCUT2D eigenvalue weighted by Gasteiger charge is -2.10. The number of aryl methyl sites for hydroxylation is 2. The first kappa shape index (κ1) is 21.9. The number of hydrogen-bond acceptors (Lipinski definition) is 5. The van der Waals surface area contributed by atoms with Gasteiger partial charge < -0.3 is 20.1 Å². The predicted octanol–water partition coefficient (Wildman–Crippen LogP) is 3.60. The fourth-order valence-corrected chi connectivity index (χ4v) is 2.63. The number of carbonyl (C=O) groups excluding carboxylic acids is 3. The monoisotopic (exact) mass is 398 g/mol. The van der Waals surface area contributed by atoms with Crippen molar-refractivity contribution in [1.29, 1.82) is 0 Å². The van der Waals surface area contributed by atoms with E-state index in [4.69, 9.17) is 9.47 Å². The van der Waals surface area contributed by atoms with Gasteiger partial charge in [-0.3, -0.25) is 14.4 Å². The van der Waals surface area contributed by atoms with Gasteiger partial charge in [0, 0.05) is 18.5 Å². The fraction of sp³-hybridized carbons (Fsp3) is 0.318. The van der Waals surface area contributed by atoms with E-state index in [1.807, 2.05) is 32.0 Å². The molecule has 0 radical (unpaired) electrons. The maximum Gasteiger partial charge on any atom is 0.306 e. The summed E-state index contributed by atoms with van der Waals surface area (Å²) < 4.78 is 10.2. The quantitative estimate of drug-likeness (QED) is 0.630. The maximum atomic E-state index is 12.0. The third kappa shape index (κ3) is 7.29. The number of benzene rings is 2. The molecule has 0 aliphatic carbocycles. The van der Waals surface area contributed by atoms with Crippen molar-refractivity contribution >= 4 is 29.2 Å². The highest BCUT2D eigenvalue weighted by molar-refractivity contribution is 5.94. The topological polar surface area (TPSA) is 93.7 Å². The molecule has 0 atom stereocenters. The molecule has 0 aromatic heterocycles. The molecular weight excluding hydrogens is 372 g/mol. The van der Waals surface area contributed by atoms with Crippen LogP contribution >= 0.6 is 0 Å². The molecule has 0 bridgehead atoms. The first-order valence-electron chi connectivity index (χ1n) is 9.34. The van der Waals surface area contributed by atoms with Crippen molar-refractivity contribution in [2.24, 2.45) is 0 Å². The van der Waals surface area contributed by atoms with E-state index in [2.05, 4.69) is 10.6 Å². The number of para-hydroxylation sites is 2. The summed E-state index contributed by atoms with van der Waals surface area (Å²) in [6, 6.07) is 12.8. The summed E-state index contributed by atoms with van der Waals surface area (Å²) in [5.41, 5.74) is 3.22. The van der Waals surface area contributed by atoms with Gasteiger partial charge >= 0.3 is 5.97 Å². The third-order valence-corrected chi connectivity index (χ3v) is 4.20. The first-order chi connectivity index (χ1) is 13.9. The average Bonchev–Trinajstić information content (AvgIpc) is 2.69. The minimum absolute atomic E-state index is 0.0517. The Morgan fingerprint density at radius 1 is 0.897 bits per heavy atom. The van der Waals surface area contributed by atoms with Gasteiger partial charge in [-0.25, -0.2) is 0 Å². The molecule has 0 heterocycles. The van der Waals surface area contributed by atoms with Gasteiger partial charge in [0.2, 0.25) is 5.91 Å². The van der Waals surface area contributed by atoms with Gasteiger partial charge in [0.15, 0.2) is 6.61 Å². The van der Waals surface area contributed by atoms with Crippen LogP contribution in [0.3, 0.4) is 0 Å². The first-order valence-corrected chi connectivity index (χ1v) is 9.34. The van der Waals surface area contributed by atoms with Crippen LogP contribution in [-0.2, 0) is 19.1 Å². The molecule has 2 aromatic rings. The Hall–Kier alpha value is -3.35. The number of ether oxygens (including phenoxy) is 2.